The van der Waals surface area contributed by atoms with Crippen LogP contribution in [-0.2, 0) is 43.2 Å². The molecule has 5 N–H and O–H groups in total. The van der Waals surface area contributed by atoms with Crippen molar-refractivity contribution in [1.82, 2.24) is 20.6 Å². The smallest absolute Gasteiger partial charge is 0.411 e. The summed E-state index contributed by atoms with van der Waals surface area (Å²) < 4.78 is 63.4. The zero-order valence-corrected chi connectivity index (χ0v) is 49.5. The van der Waals surface area contributed by atoms with Crippen molar-refractivity contribution in [2.45, 2.75) is 202 Å². The molecule has 4 aromatic rings. The summed E-state index contributed by atoms with van der Waals surface area (Å²) in [5.41, 5.74) is 1.86. The van der Waals surface area contributed by atoms with Crippen molar-refractivity contribution in [2.24, 2.45) is 4.36 Å². The number of ether oxygens (including phenoxy) is 4. The summed E-state index contributed by atoms with van der Waals surface area (Å²) >= 11 is 2.96. The average Bonchev–Trinajstić information content (AvgIpc) is 4.10. The molecular formula is C55H76N8O11S4. The van der Waals surface area contributed by atoms with Gasteiger partial charge in [0.1, 0.15) is 12.2 Å². The summed E-state index contributed by atoms with van der Waals surface area (Å²) in [6, 6.07) is 9.92. The number of carbonyl (C=O) groups is 5. The molecule has 2 fully saturated rings. The summed E-state index contributed by atoms with van der Waals surface area (Å²) in [5.74, 6) is -0.420. The Kier molecular flexibility index (Phi) is 21.5. The third-order valence-electron chi connectivity index (χ3n) is 13.5. The Bertz CT molecular complexity index is 3020. The molecule has 0 saturated heterocycles. The number of anilines is 2. The van der Waals surface area contributed by atoms with Crippen molar-refractivity contribution in [1.29, 1.82) is 4.78 Å². The van der Waals surface area contributed by atoms with E-state index in [9.17, 15) is 32.4 Å². The fourth-order valence-corrected chi connectivity index (χ4v) is 14.8. The first-order valence-corrected chi connectivity index (χ1v) is 31.5. The number of carbonyl (C=O) groups excluding carboxylic acids is 5. The summed E-state index contributed by atoms with van der Waals surface area (Å²) in [7, 11) is -6.65. The van der Waals surface area contributed by atoms with Crippen molar-refractivity contribution >= 4 is 83.8 Å². The maximum absolute atomic E-state index is 14.8. The minimum absolute atomic E-state index is 0.0102. The zero-order valence-electron chi connectivity index (χ0n) is 46.2. The SMILES string of the molecule is C=CC(=O)N=S(=O)(c1cc(NC(=O)OC(C)CCC(C)OC(=O)NC2CCC(c3ncc(-c4ccc(NC(=O)OC(C)C)cc4S(=N)(=O)C(C)C)s3)CC2)ccc1-c1cnc(C2CCC(NC(=O)OC(C)C)CC2)s1)C(C)C. The maximum Gasteiger partial charge on any atom is 0.411 e. The number of alkyl carbamates (subject to hydrolysis) is 2. The zero-order chi connectivity index (χ0) is 57.1. The molecule has 2 aliphatic carbocycles. The molecular weight excluding hydrogens is 1080 g/mol. The van der Waals surface area contributed by atoms with E-state index in [0.29, 0.717) is 47.4 Å². The Morgan fingerprint density at radius 1 is 0.628 bits per heavy atom. The van der Waals surface area contributed by atoms with Crippen molar-refractivity contribution in [3.63, 3.8) is 0 Å². The summed E-state index contributed by atoms with van der Waals surface area (Å²) in [4.78, 5) is 75.1. The second-order valence-corrected chi connectivity index (χ2v) is 28.4. The number of nitrogens with one attached hydrogen (secondary N) is 5. The average molecular weight is 1150 g/mol. The van der Waals surface area contributed by atoms with Gasteiger partial charge in [-0.3, -0.25) is 15.4 Å². The molecule has 2 saturated carbocycles. The first kappa shape index (κ1) is 61.3. The van der Waals surface area contributed by atoms with Gasteiger partial charge in [0, 0.05) is 69.3 Å². The van der Waals surface area contributed by atoms with Crippen LogP contribution in [0.4, 0.5) is 30.6 Å². The van der Waals surface area contributed by atoms with Gasteiger partial charge in [-0.15, -0.1) is 22.7 Å². The summed E-state index contributed by atoms with van der Waals surface area (Å²) in [6.45, 7) is 21.0. The first-order valence-electron chi connectivity index (χ1n) is 26.6. The van der Waals surface area contributed by atoms with Crippen LogP contribution in [0.2, 0.25) is 0 Å². The van der Waals surface area contributed by atoms with Gasteiger partial charge >= 0.3 is 24.4 Å². The van der Waals surface area contributed by atoms with Crippen LogP contribution < -0.4 is 21.3 Å². The molecule has 0 aliphatic heterocycles. The molecule has 0 spiro atoms. The van der Waals surface area contributed by atoms with E-state index >= 15 is 0 Å². The number of benzene rings is 2. The number of thiazole rings is 2. The minimum Gasteiger partial charge on any atom is -0.447 e. The molecule has 4 unspecified atom stereocenters. The fourth-order valence-electron chi connectivity index (χ4n) is 9.18. The van der Waals surface area contributed by atoms with Crippen LogP contribution in [0.5, 0.6) is 0 Å². The molecule has 0 bridgehead atoms. The van der Waals surface area contributed by atoms with Crippen LogP contribution in [0, 0.1) is 4.78 Å². The van der Waals surface area contributed by atoms with Crippen LogP contribution in [0.3, 0.4) is 0 Å². The van der Waals surface area contributed by atoms with Gasteiger partial charge in [-0.25, -0.2) is 42.3 Å². The molecule has 426 valence electrons. The Hall–Kier alpha value is -5.91. The molecule has 2 aromatic heterocycles. The van der Waals surface area contributed by atoms with Gasteiger partial charge in [0.15, 0.2) is 0 Å². The van der Waals surface area contributed by atoms with Gasteiger partial charge in [0.05, 0.1) is 61.2 Å². The predicted octanol–water partition coefficient (Wildman–Crippen LogP) is 13.4. The van der Waals surface area contributed by atoms with Crippen molar-refractivity contribution in [3.05, 3.63) is 71.5 Å². The molecule has 2 aliphatic rings. The van der Waals surface area contributed by atoms with E-state index in [1.54, 1.807) is 118 Å². The number of rotatable bonds is 20. The lowest BCUT2D eigenvalue weighted by molar-refractivity contribution is -0.113. The van der Waals surface area contributed by atoms with Crippen molar-refractivity contribution in [2.75, 3.05) is 10.6 Å². The normalized spacial score (nSPS) is 19.9. The summed E-state index contributed by atoms with van der Waals surface area (Å²) in [5, 5.41) is 12.1. The van der Waals surface area contributed by atoms with E-state index in [0.717, 1.165) is 64.4 Å². The highest BCUT2D eigenvalue weighted by atomic mass is 32.2. The van der Waals surface area contributed by atoms with Gasteiger partial charge < -0.3 is 29.6 Å². The fraction of sp³-hybridized carbons (Fsp3) is 0.545. The van der Waals surface area contributed by atoms with Crippen LogP contribution in [0.1, 0.15) is 155 Å². The van der Waals surface area contributed by atoms with Gasteiger partial charge in [-0.05, 0) is 164 Å². The third kappa shape index (κ3) is 16.6. The molecule has 78 heavy (non-hydrogen) atoms. The molecule has 5 amide bonds. The number of nitrogens with zero attached hydrogens (tertiary/aromatic N) is 3. The topological polar surface area (TPSA) is 267 Å². The van der Waals surface area contributed by atoms with Crippen LogP contribution >= 0.6 is 22.7 Å². The highest BCUT2D eigenvalue weighted by Crippen LogP contribution is 2.43. The largest absolute Gasteiger partial charge is 0.447 e. The monoisotopic (exact) mass is 1150 g/mol. The molecule has 6 rings (SSSR count). The second kappa shape index (κ2) is 27.3. The van der Waals surface area contributed by atoms with E-state index in [2.05, 4.69) is 32.2 Å². The molecule has 2 heterocycles. The molecule has 2 aromatic carbocycles. The Morgan fingerprint density at radius 3 is 1.47 bits per heavy atom. The van der Waals surface area contributed by atoms with Crippen LogP contribution in [0.15, 0.2) is 75.6 Å². The van der Waals surface area contributed by atoms with E-state index in [4.69, 9.17) is 33.7 Å². The van der Waals surface area contributed by atoms with Crippen LogP contribution in [0.25, 0.3) is 20.9 Å². The van der Waals surface area contributed by atoms with E-state index < -0.39 is 72.4 Å². The molecule has 0 radical (unpaired) electrons. The highest BCUT2D eigenvalue weighted by Gasteiger charge is 2.31. The Morgan fingerprint density at radius 2 is 1.04 bits per heavy atom. The molecule has 23 heteroatoms. The maximum atomic E-state index is 14.8. The third-order valence-corrected chi connectivity index (χ3v) is 20.9. The van der Waals surface area contributed by atoms with E-state index in [1.165, 1.54) is 22.7 Å². The van der Waals surface area contributed by atoms with E-state index in [-0.39, 0.29) is 46.7 Å². The Balaban J connectivity index is 0.998. The van der Waals surface area contributed by atoms with Gasteiger partial charge in [0.25, 0.3) is 5.91 Å². The highest BCUT2D eigenvalue weighted by molar-refractivity contribution is 7.94. The minimum atomic E-state index is -3.41. The second-order valence-electron chi connectivity index (χ2n) is 21.0. The molecule has 4 atom stereocenters. The standard InChI is InChI=1S/C55H76N8O11S4/c1-12-49(64)63-78(70,34(8)9)48-28-42(24-26-44(48)46-30-58-51(76-46)38-15-19-39(20-16-38)59-52(65)71-31(2)3)62-55(68)74-36(11)14-13-35(10)73-54(67)60-40-21-17-37(18-22-40)50-57-29-45(75-50)43-25-23-41(61-53(66)72-32(4)5)27-47(43)77(56,69)33(6)7/h12,23-40,56H,1,13-22H2,2-11H3,(H,59,65)(H,60,67)(H,61,66)(H,62,68). The van der Waals surface area contributed by atoms with Crippen LogP contribution in [-0.4, -0.2) is 95.7 Å². The number of hydrogen-bond donors (Lipinski definition) is 5. The quantitative estimate of drug-likeness (QED) is 0.0408. The van der Waals surface area contributed by atoms with Gasteiger partial charge in [-0.1, -0.05) is 18.7 Å². The van der Waals surface area contributed by atoms with Gasteiger partial charge in [0.2, 0.25) is 0 Å². The predicted molar refractivity (Wildman–Crippen MR) is 306 cm³/mol. The van der Waals surface area contributed by atoms with Crippen molar-refractivity contribution in [3.8, 4) is 20.9 Å². The number of hydrogen-bond acceptors (Lipinski definition) is 16. The lowest BCUT2D eigenvalue weighted by Gasteiger charge is -2.28. The summed E-state index contributed by atoms with van der Waals surface area (Å²) in [6.07, 6.45) is 7.51. The van der Waals surface area contributed by atoms with Crippen molar-refractivity contribution < 1.29 is 51.3 Å². The lowest BCUT2D eigenvalue weighted by Crippen LogP contribution is -2.39. The van der Waals surface area contributed by atoms with Gasteiger partial charge in [-0.2, -0.15) is 4.36 Å². The Labute approximate surface area is 467 Å². The number of amides is 5. The molecule has 19 nitrogen and oxygen atoms in total. The first-order chi connectivity index (χ1) is 36.8. The lowest BCUT2D eigenvalue weighted by atomic mass is 9.86. The number of aromatic nitrogens is 2. The van der Waals surface area contributed by atoms with E-state index in [1.807, 2.05) is 0 Å².